The van der Waals surface area contributed by atoms with Crippen molar-refractivity contribution < 1.29 is 19.1 Å². The molecule has 0 saturated heterocycles. The van der Waals surface area contributed by atoms with E-state index in [9.17, 15) is 9.59 Å². The third kappa shape index (κ3) is 4.04. The quantitative estimate of drug-likeness (QED) is 0.604. The van der Waals surface area contributed by atoms with Crippen molar-refractivity contribution in [1.82, 2.24) is 15.1 Å². The molecule has 0 saturated carbocycles. The van der Waals surface area contributed by atoms with E-state index >= 15 is 0 Å². The number of hydrogen-bond acceptors (Lipinski definition) is 5. The van der Waals surface area contributed by atoms with Crippen molar-refractivity contribution in [3.63, 3.8) is 0 Å². The number of anilines is 1. The van der Waals surface area contributed by atoms with Crippen LogP contribution in [0.25, 0.3) is 0 Å². The van der Waals surface area contributed by atoms with Crippen LogP contribution < -0.4 is 20.1 Å². The zero-order chi connectivity index (χ0) is 23.7. The first-order chi connectivity index (χ1) is 15.9. The first-order valence-corrected chi connectivity index (χ1v) is 10.8. The molecule has 2 atom stereocenters. The SMILES string of the molecule is CCc1ccc([C@H]2c3c(C)nn(C)c3NC(=O)[C@H]2NC(=O)c2ccc(OC)c(OC)c2)cc1. The van der Waals surface area contributed by atoms with E-state index in [1.807, 2.05) is 19.1 Å². The van der Waals surface area contributed by atoms with Crippen LogP contribution in [0.5, 0.6) is 11.5 Å². The third-order valence-corrected chi connectivity index (χ3v) is 6.12. The standard InChI is InChI=1S/C25H28N4O4/c1-6-15-7-9-16(10-8-15)21-20-14(2)28-29(3)23(20)27-25(31)22(21)26-24(30)17-11-12-18(32-4)19(13-17)33-5/h7-13,21-22H,6H2,1-5H3,(H,26,30)(H,27,31)/t21-,22-/m0/s1. The summed E-state index contributed by atoms with van der Waals surface area (Å²) in [6, 6.07) is 12.2. The van der Waals surface area contributed by atoms with Gasteiger partial charge in [0.15, 0.2) is 11.5 Å². The van der Waals surface area contributed by atoms with Crippen molar-refractivity contribution in [3.05, 3.63) is 70.4 Å². The van der Waals surface area contributed by atoms with Crippen molar-refractivity contribution >= 4 is 17.6 Å². The van der Waals surface area contributed by atoms with E-state index in [1.165, 1.54) is 19.8 Å². The zero-order valence-electron chi connectivity index (χ0n) is 19.4. The van der Waals surface area contributed by atoms with Crippen LogP contribution in [0.2, 0.25) is 0 Å². The van der Waals surface area contributed by atoms with Gasteiger partial charge in [-0.1, -0.05) is 31.2 Å². The van der Waals surface area contributed by atoms with E-state index in [0.717, 1.165) is 23.2 Å². The molecule has 1 aliphatic heterocycles. The Hall–Kier alpha value is -3.81. The molecule has 2 amide bonds. The molecule has 0 bridgehead atoms. The van der Waals surface area contributed by atoms with E-state index in [1.54, 1.807) is 29.9 Å². The smallest absolute Gasteiger partial charge is 0.252 e. The fourth-order valence-electron chi connectivity index (χ4n) is 4.38. The second kappa shape index (κ2) is 8.97. The lowest BCUT2D eigenvalue weighted by Gasteiger charge is -2.32. The molecule has 0 fully saturated rings. The summed E-state index contributed by atoms with van der Waals surface area (Å²) >= 11 is 0. The molecule has 2 N–H and O–H groups in total. The number of rotatable bonds is 6. The number of nitrogens with one attached hydrogen (secondary N) is 2. The van der Waals surface area contributed by atoms with Gasteiger partial charge in [-0.2, -0.15) is 5.10 Å². The normalized spacial score (nSPS) is 17.2. The lowest BCUT2D eigenvalue weighted by molar-refractivity contribution is -0.118. The lowest BCUT2D eigenvalue weighted by atomic mass is 9.81. The molecule has 1 aliphatic rings. The minimum atomic E-state index is -0.812. The van der Waals surface area contributed by atoms with E-state index < -0.39 is 6.04 Å². The van der Waals surface area contributed by atoms with Gasteiger partial charge in [0.1, 0.15) is 11.9 Å². The molecule has 172 valence electrons. The van der Waals surface area contributed by atoms with Gasteiger partial charge in [0.25, 0.3) is 5.91 Å². The molecule has 0 aliphatic carbocycles. The summed E-state index contributed by atoms with van der Waals surface area (Å²) < 4.78 is 12.2. The number of benzene rings is 2. The second-order valence-corrected chi connectivity index (χ2v) is 8.05. The molecule has 8 heteroatoms. The Morgan fingerprint density at radius 3 is 2.45 bits per heavy atom. The van der Waals surface area contributed by atoms with Gasteiger partial charge in [0, 0.05) is 24.1 Å². The van der Waals surface area contributed by atoms with Crippen LogP contribution in [-0.2, 0) is 18.3 Å². The van der Waals surface area contributed by atoms with Gasteiger partial charge < -0.3 is 20.1 Å². The Balaban J connectivity index is 1.74. The summed E-state index contributed by atoms with van der Waals surface area (Å²) in [5, 5.41) is 10.4. The molecule has 8 nitrogen and oxygen atoms in total. The summed E-state index contributed by atoms with van der Waals surface area (Å²) in [5.74, 6) is 0.570. The van der Waals surface area contributed by atoms with Crippen LogP contribution in [-0.4, -0.2) is 41.9 Å². The Kier molecular flexibility index (Phi) is 6.09. The van der Waals surface area contributed by atoms with Crippen LogP contribution in [0.1, 0.15) is 45.6 Å². The number of fused-ring (bicyclic) bond motifs is 1. The number of carbonyl (C=O) groups excluding carboxylic acids is 2. The summed E-state index contributed by atoms with van der Waals surface area (Å²) in [6.45, 7) is 4.01. The Labute approximate surface area is 192 Å². The molecule has 1 aromatic heterocycles. The van der Waals surface area contributed by atoms with Crippen LogP contribution in [0, 0.1) is 6.92 Å². The van der Waals surface area contributed by atoms with E-state index in [4.69, 9.17) is 9.47 Å². The topological polar surface area (TPSA) is 94.5 Å². The number of hydrogen-bond donors (Lipinski definition) is 2. The van der Waals surface area contributed by atoms with Crippen molar-refractivity contribution in [2.75, 3.05) is 19.5 Å². The molecule has 0 unspecified atom stereocenters. The van der Waals surface area contributed by atoms with Gasteiger partial charge in [-0.3, -0.25) is 14.3 Å². The molecular weight excluding hydrogens is 420 g/mol. The Bertz CT molecular complexity index is 1200. The van der Waals surface area contributed by atoms with Crippen LogP contribution in [0.3, 0.4) is 0 Å². The fraction of sp³-hybridized carbons (Fsp3) is 0.320. The monoisotopic (exact) mass is 448 g/mol. The predicted molar refractivity (Wildman–Crippen MR) is 125 cm³/mol. The number of amides is 2. The largest absolute Gasteiger partial charge is 0.493 e. The van der Waals surface area contributed by atoms with E-state index in [-0.39, 0.29) is 17.7 Å². The van der Waals surface area contributed by atoms with Gasteiger partial charge in [-0.25, -0.2) is 0 Å². The summed E-state index contributed by atoms with van der Waals surface area (Å²) in [4.78, 5) is 26.4. The maximum Gasteiger partial charge on any atom is 0.252 e. The average molecular weight is 449 g/mol. The summed E-state index contributed by atoms with van der Waals surface area (Å²) in [5.41, 5.74) is 4.22. The summed E-state index contributed by atoms with van der Waals surface area (Å²) in [7, 11) is 4.84. The van der Waals surface area contributed by atoms with Gasteiger partial charge >= 0.3 is 0 Å². The molecule has 3 aromatic rings. The van der Waals surface area contributed by atoms with Crippen molar-refractivity contribution in [2.24, 2.45) is 7.05 Å². The number of aryl methyl sites for hydroxylation is 3. The van der Waals surface area contributed by atoms with Crippen LogP contribution in [0.15, 0.2) is 42.5 Å². The molecule has 2 heterocycles. The maximum absolute atomic E-state index is 13.2. The maximum atomic E-state index is 13.2. The van der Waals surface area contributed by atoms with Gasteiger partial charge in [0.05, 0.1) is 19.9 Å². The Morgan fingerprint density at radius 2 is 1.82 bits per heavy atom. The average Bonchev–Trinajstić information content (AvgIpc) is 3.11. The highest BCUT2D eigenvalue weighted by atomic mass is 16.5. The van der Waals surface area contributed by atoms with E-state index in [2.05, 4.69) is 34.8 Å². The highest BCUT2D eigenvalue weighted by molar-refractivity contribution is 6.04. The second-order valence-electron chi connectivity index (χ2n) is 8.05. The molecule has 0 radical (unpaired) electrons. The Morgan fingerprint density at radius 1 is 1.12 bits per heavy atom. The van der Waals surface area contributed by atoms with Crippen LogP contribution in [0.4, 0.5) is 5.82 Å². The van der Waals surface area contributed by atoms with Crippen molar-refractivity contribution in [3.8, 4) is 11.5 Å². The van der Waals surface area contributed by atoms with Gasteiger partial charge in [-0.05, 0) is 42.7 Å². The van der Waals surface area contributed by atoms with Crippen molar-refractivity contribution in [2.45, 2.75) is 32.2 Å². The molecular formula is C25H28N4O4. The molecule has 33 heavy (non-hydrogen) atoms. The first-order valence-electron chi connectivity index (χ1n) is 10.8. The third-order valence-electron chi connectivity index (χ3n) is 6.12. The first kappa shape index (κ1) is 22.4. The number of methoxy groups -OCH3 is 2. The predicted octanol–water partition coefficient (Wildman–Crippen LogP) is 3.19. The molecule has 4 rings (SSSR count). The minimum absolute atomic E-state index is 0.288. The number of carbonyl (C=O) groups is 2. The van der Waals surface area contributed by atoms with Crippen LogP contribution >= 0.6 is 0 Å². The molecule has 0 spiro atoms. The highest BCUT2D eigenvalue weighted by Gasteiger charge is 2.41. The number of aromatic nitrogens is 2. The molecule has 2 aromatic carbocycles. The lowest BCUT2D eigenvalue weighted by Crippen LogP contribution is -2.50. The highest BCUT2D eigenvalue weighted by Crippen LogP contribution is 2.39. The van der Waals surface area contributed by atoms with E-state index in [0.29, 0.717) is 22.9 Å². The van der Waals surface area contributed by atoms with Gasteiger partial charge in [-0.15, -0.1) is 0 Å². The van der Waals surface area contributed by atoms with Gasteiger partial charge in [0.2, 0.25) is 5.91 Å². The number of ether oxygens (including phenoxy) is 2. The van der Waals surface area contributed by atoms with Crippen molar-refractivity contribution in [1.29, 1.82) is 0 Å². The zero-order valence-corrected chi connectivity index (χ0v) is 19.4. The summed E-state index contributed by atoms with van der Waals surface area (Å²) in [6.07, 6.45) is 0.919. The minimum Gasteiger partial charge on any atom is -0.493 e. The number of nitrogens with zero attached hydrogens (tertiary/aromatic N) is 2. The fourth-order valence-corrected chi connectivity index (χ4v) is 4.38.